The molecule has 0 saturated heterocycles. The summed E-state index contributed by atoms with van der Waals surface area (Å²) >= 11 is 0. The molecule has 0 atom stereocenters. The molecular weight excluding hydrogens is 686 g/mol. The average Bonchev–Trinajstić information content (AvgIpc) is 3.21. The normalized spacial score (nSPS) is 11.0. The van der Waals surface area contributed by atoms with Gasteiger partial charge in [0.15, 0.2) is 0 Å². The molecule has 6 aromatic carbocycles. The number of benzene rings is 6. The molecule has 6 nitrogen and oxygen atoms in total. The molecule has 0 aliphatic heterocycles. The summed E-state index contributed by atoms with van der Waals surface area (Å²) in [5.74, 6) is -0.778. The summed E-state index contributed by atoms with van der Waals surface area (Å²) in [7, 11) is -1.48. The lowest BCUT2D eigenvalue weighted by molar-refractivity contribution is 0.00230. The highest BCUT2D eigenvalue weighted by Gasteiger charge is 2.18. The van der Waals surface area contributed by atoms with Crippen LogP contribution in [0, 0.1) is 0 Å². The van der Waals surface area contributed by atoms with Crippen LogP contribution in [-0.4, -0.2) is 51.6 Å². The fourth-order valence-corrected chi connectivity index (χ4v) is 10.1. The summed E-state index contributed by atoms with van der Waals surface area (Å²) < 4.78 is 21.9. The maximum absolute atomic E-state index is 12.7. The van der Waals surface area contributed by atoms with Crippen LogP contribution in [0.1, 0.15) is 20.7 Å². The zero-order valence-corrected chi connectivity index (χ0v) is 30.5. The van der Waals surface area contributed by atoms with Crippen molar-refractivity contribution in [2.75, 3.05) is 39.6 Å². The highest BCUT2D eigenvalue weighted by Crippen LogP contribution is 2.33. The third-order valence-corrected chi connectivity index (χ3v) is 13.0. The maximum Gasteiger partial charge on any atom is 0.338 e. The monoisotopic (exact) mass is 726 g/mol. The highest BCUT2D eigenvalue weighted by molar-refractivity contribution is 7.80. The summed E-state index contributed by atoms with van der Waals surface area (Å²) in [6.07, 6.45) is 0. The minimum Gasteiger partial charge on any atom is -0.460 e. The molecule has 0 radical (unpaired) electrons. The Bertz CT molecular complexity index is 1730. The number of hydrogen-bond acceptors (Lipinski definition) is 6. The first-order valence-corrected chi connectivity index (χ1v) is 19.9. The van der Waals surface area contributed by atoms with Gasteiger partial charge in [-0.25, -0.2) is 9.59 Å². The van der Waals surface area contributed by atoms with E-state index in [0.717, 1.165) is 10.6 Å². The van der Waals surface area contributed by atoms with Crippen molar-refractivity contribution < 1.29 is 28.5 Å². The van der Waals surface area contributed by atoms with E-state index < -0.39 is 15.8 Å². The topological polar surface area (TPSA) is 71.1 Å². The van der Waals surface area contributed by atoms with Crippen molar-refractivity contribution in [1.29, 1.82) is 0 Å². The Balaban J connectivity index is 0.868. The van der Waals surface area contributed by atoms with Gasteiger partial charge in [0.05, 0.1) is 37.6 Å². The van der Waals surface area contributed by atoms with Crippen LogP contribution in [0.5, 0.6) is 0 Å². The van der Waals surface area contributed by atoms with E-state index in [1.165, 1.54) is 21.2 Å². The number of carbonyl (C=O) groups excluding carboxylic acids is 2. The first-order chi connectivity index (χ1) is 25.7. The van der Waals surface area contributed by atoms with Crippen LogP contribution in [-0.2, 0) is 18.9 Å². The van der Waals surface area contributed by atoms with Gasteiger partial charge in [-0.15, -0.1) is 0 Å². The number of carbonyl (C=O) groups is 2. The number of hydrogen-bond donors (Lipinski definition) is 0. The van der Waals surface area contributed by atoms with Crippen molar-refractivity contribution in [3.8, 4) is 0 Å². The second-order valence-electron chi connectivity index (χ2n) is 11.6. The summed E-state index contributed by atoms with van der Waals surface area (Å²) in [6, 6.07) is 57.1. The molecule has 0 bridgehead atoms. The van der Waals surface area contributed by atoms with Crippen molar-refractivity contribution in [2.24, 2.45) is 0 Å². The maximum atomic E-state index is 12.7. The summed E-state index contributed by atoms with van der Waals surface area (Å²) in [4.78, 5) is 25.3. The van der Waals surface area contributed by atoms with Gasteiger partial charge >= 0.3 is 11.9 Å². The lowest BCUT2D eigenvalue weighted by Crippen LogP contribution is -2.21. The fourth-order valence-electron chi connectivity index (χ4n) is 5.57. The Morgan fingerprint density at radius 3 is 0.865 bits per heavy atom. The molecule has 262 valence electrons. The van der Waals surface area contributed by atoms with Crippen molar-refractivity contribution >= 4 is 59.6 Å². The van der Waals surface area contributed by atoms with Gasteiger partial charge in [-0.3, -0.25) is 0 Å². The predicted octanol–water partition coefficient (Wildman–Crippen LogP) is 6.25. The molecule has 0 amide bonds. The predicted molar refractivity (Wildman–Crippen MR) is 212 cm³/mol. The van der Waals surface area contributed by atoms with Gasteiger partial charge in [0.2, 0.25) is 0 Å². The van der Waals surface area contributed by atoms with Crippen LogP contribution in [0.25, 0.3) is 0 Å². The molecule has 0 aromatic heterocycles. The second-order valence-corrected chi connectivity index (χ2v) is 16.0. The highest BCUT2D eigenvalue weighted by atomic mass is 31.1. The van der Waals surface area contributed by atoms with Gasteiger partial charge in [0, 0.05) is 0 Å². The average molecular weight is 727 g/mol. The lowest BCUT2D eigenvalue weighted by atomic mass is 10.2. The smallest absolute Gasteiger partial charge is 0.338 e. The van der Waals surface area contributed by atoms with Crippen molar-refractivity contribution in [3.63, 3.8) is 0 Å². The SMILES string of the molecule is O=C(OCCOCCOCCOC(=O)c1ccc(P(c2ccccc2)c2ccccc2)cc1)c1ccc(P(c2ccccc2)c2ccccc2)cc1. The molecule has 8 heteroatoms. The van der Waals surface area contributed by atoms with Crippen LogP contribution in [0.2, 0.25) is 0 Å². The quantitative estimate of drug-likeness (QED) is 0.0630. The van der Waals surface area contributed by atoms with Crippen LogP contribution in [0.15, 0.2) is 170 Å². The first kappa shape index (κ1) is 36.8. The van der Waals surface area contributed by atoms with Gasteiger partial charge in [0.25, 0.3) is 0 Å². The molecule has 0 saturated carbocycles. The van der Waals surface area contributed by atoms with Gasteiger partial charge in [-0.2, -0.15) is 0 Å². The van der Waals surface area contributed by atoms with Crippen molar-refractivity contribution in [2.45, 2.75) is 0 Å². The third kappa shape index (κ3) is 10.3. The van der Waals surface area contributed by atoms with Crippen LogP contribution >= 0.6 is 15.8 Å². The van der Waals surface area contributed by atoms with E-state index in [1.807, 2.05) is 72.8 Å². The number of esters is 2. The molecule has 0 aliphatic carbocycles. The van der Waals surface area contributed by atoms with Gasteiger partial charge < -0.3 is 18.9 Å². The van der Waals surface area contributed by atoms with E-state index in [2.05, 4.69) is 97.1 Å². The molecular formula is C44H40O6P2. The fraction of sp³-hybridized carbons (Fsp3) is 0.136. The zero-order chi connectivity index (χ0) is 35.8. The zero-order valence-electron chi connectivity index (χ0n) is 28.8. The molecule has 0 aliphatic rings. The molecule has 52 heavy (non-hydrogen) atoms. The Hall–Kier alpha value is -4.96. The molecule has 0 N–H and O–H groups in total. The standard InChI is InChI=1S/C44H40O6P2/c45-43(35-21-25-41(26-22-35)51(37-13-5-1-6-14-37)38-15-7-2-8-16-38)49-33-31-47-29-30-48-32-34-50-44(46)36-23-27-42(28-24-36)52(39-17-9-3-10-18-39)40-19-11-4-12-20-40/h1-28H,29-34H2. The largest absolute Gasteiger partial charge is 0.460 e. The Labute approximate surface area is 307 Å². The van der Waals surface area contributed by atoms with E-state index >= 15 is 0 Å². The molecule has 0 unspecified atom stereocenters. The molecule has 0 spiro atoms. The summed E-state index contributed by atoms with van der Waals surface area (Å²) in [6.45, 7) is 1.43. The van der Waals surface area contributed by atoms with Gasteiger partial charge in [-0.05, 0) is 71.9 Å². The first-order valence-electron chi connectivity index (χ1n) is 17.2. The third-order valence-electron chi connectivity index (χ3n) is 8.07. The van der Waals surface area contributed by atoms with E-state index in [4.69, 9.17) is 18.9 Å². The van der Waals surface area contributed by atoms with E-state index in [-0.39, 0.29) is 38.4 Å². The second kappa shape index (κ2) is 19.6. The van der Waals surface area contributed by atoms with Crippen LogP contribution in [0.3, 0.4) is 0 Å². The summed E-state index contributed by atoms with van der Waals surface area (Å²) in [5.41, 5.74) is 0.996. The Kier molecular flexibility index (Phi) is 13.9. The molecule has 6 rings (SSSR count). The van der Waals surface area contributed by atoms with Crippen LogP contribution < -0.4 is 31.8 Å². The number of ether oxygens (including phenoxy) is 4. The molecule has 6 aromatic rings. The minimum absolute atomic E-state index is 0.135. The number of rotatable bonds is 17. The van der Waals surface area contributed by atoms with E-state index in [9.17, 15) is 9.59 Å². The van der Waals surface area contributed by atoms with Gasteiger partial charge in [-0.1, -0.05) is 146 Å². The van der Waals surface area contributed by atoms with Crippen molar-refractivity contribution in [3.05, 3.63) is 181 Å². The molecule has 0 heterocycles. The Morgan fingerprint density at radius 2 is 0.577 bits per heavy atom. The summed E-state index contributed by atoms with van der Waals surface area (Å²) in [5, 5.41) is 7.32. The van der Waals surface area contributed by atoms with Crippen LogP contribution in [0.4, 0.5) is 0 Å². The molecule has 0 fully saturated rings. The van der Waals surface area contributed by atoms with E-state index in [1.54, 1.807) is 0 Å². The minimum atomic E-state index is -0.741. The Morgan fingerprint density at radius 1 is 0.327 bits per heavy atom. The van der Waals surface area contributed by atoms with Crippen molar-refractivity contribution in [1.82, 2.24) is 0 Å². The van der Waals surface area contributed by atoms with Gasteiger partial charge in [0.1, 0.15) is 13.2 Å². The van der Waals surface area contributed by atoms with E-state index in [0.29, 0.717) is 24.3 Å². The lowest BCUT2D eigenvalue weighted by Gasteiger charge is -2.19.